The van der Waals surface area contributed by atoms with Gasteiger partial charge in [0.15, 0.2) is 0 Å². The molecule has 0 fully saturated rings. The highest BCUT2D eigenvalue weighted by Gasteiger charge is 2.24. The number of nitro groups is 1. The van der Waals surface area contributed by atoms with E-state index in [1.807, 2.05) is 6.07 Å². The monoisotopic (exact) mass is 339 g/mol. The SMILES string of the molecule is Cc1ccccc1C(=O)NNc1ncnc(-n2ccnc2)c1[N+](=O)[O-]. The zero-order chi connectivity index (χ0) is 17.8. The van der Waals surface area contributed by atoms with Crippen molar-refractivity contribution < 1.29 is 9.72 Å². The van der Waals surface area contributed by atoms with E-state index in [0.717, 1.165) is 11.9 Å². The normalized spacial score (nSPS) is 10.3. The van der Waals surface area contributed by atoms with E-state index in [1.54, 1.807) is 25.1 Å². The van der Waals surface area contributed by atoms with Crippen LogP contribution >= 0.6 is 0 Å². The molecule has 2 N–H and O–H groups in total. The summed E-state index contributed by atoms with van der Waals surface area (Å²) >= 11 is 0. The third kappa shape index (κ3) is 3.27. The van der Waals surface area contributed by atoms with Gasteiger partial charge in [-0.3, -0.25) is 30.3 Å². The number of aromatic nitrogens is 4. The Kier molecular flexibility index (Phi) is 4.33. The lowest BCUT2D eigenvalue weighted by atomic mass is 10.1. The molecule has 0 unspecified atom stereocenters. The van der Waals surface area contributed by atoms with E-state index < -0.39 is 10.8 Å². The maximum absolute atomic E-state index is 12.2. The number of imidazole rings is 1. The molecule has 0 atom stereocenters. The second-order valence-electron chi connectivity index (χ2n) is 5.02. The molecule has 3 rings (SSSR count). The van der Waals surface area contributed by atoms with Gasteiger partial charge in [-0.2, -0.15) is 0 Å². The molecule has 1 aromatic carbocycles. The Morgan fingerprint density at radius 1 is 1.28 bits per heavy atom. The Balaban J connectivity index is 1.88. The summed E-state index contributed by atoms with van der Waals surface area (Å²) in [6.07, 6.45) is 5.53. The van der Waals surface area contributed by atoms with Crippen molar-refractivity contribution in [2.75, 3.05) is 5.43 Å². The minimum absolute atomic E-state index is 0.0325. The number of anilines is 1. The first-order valence-electron chi connectivity index (χ1n) is 7.17. The number of hydrogen-bond donors (Lipinski definition) is 2. The number of hydrogen-bond acceptors (Lipinski definition) is 7. The van der Waals surface area contributed by atoms with Crippen LogP contribution in [0.25, 0.3) is 5.82 Å². The number of nitrogens with one attached hydrogen (secondary N) is 2. The fourth-order valence-electron chi connectivity index (χ4n) is 2.21. The maximum Gasteiger partial charge on any atom is 0.355 e. The summed E-state index contributed by atoms with van der Waals surface area (Å²) in [4.78, 5) is 34.7. The molecule has 3 aromatic rings. The van der Waals surface area contributed by atoms with Crippen LogP contribution in [-0.4, -0.2) is 30.3 Å². The molecule has 10 nitrogen and oxygen atoms in total. The molecule has 0 aliphatic carbocycles. The van der Waals surface area contributed by atoms with Gasteiger partial charge in [0.1, 0.15) is 12.7 Å². The third-order valence-corrected chi connectivity index (χ3v) is 3.42. The minimum Gasteiger partial charge on any atom is -0.285 e. The van der Waals surface area contributed by atoms with Crippen molar-refractivity contribution in [2.24, 2.45) is 0 Å². The topological polar surface area (TPSA) is 128 Å². The van der Waals surface area contributed by atoms with E-state index in [9.17, 15) is 14.9 Å². The van der Waals surface area contributed by atoms with E-state index >= 15 is 0 Å². The largest absolute Gasteiger partial charge is 0.355 e. The molecule has 0 bridgehead atoms. The number of nitrogens with zero attached hydrogens (tertiary/aromatic N) is 5. The van der Waals surface area contributed by atoms with Crippen molar-refractivity contribution in [3.63, 3.8) is 0 Å². The van der Waals surface area contributed by atoms with Gasteiger partial charge in [0.2, 0.25) is 11.6 Å². The summed E-state index contributed by atoms with van der Waals surface area (Å²) in [5.74, 6) is -0.536. The van der Waals surface area contributed by atoms with Gasteiger partial charge in [0.05, 0.1) is 4.92 Å². The minimum atomic E-state index is -0.627. The molecule has 2 heterocycles. The van der Waals surface area contributed by atoms with Crippen molar-refractivity contribution in [3.05, 3.63) is 70.6 Å². The summed E-state index contributed by atoms with van der Waals surface area (Å²) < 4.78 is 1.38. The average Bonchev–Trinajstić information content (AvgIpc) is 3.14. The zero-order valence-corrected chi connectivity index (χ0v) is 13.1. The summed E-state index contributed by atoms with van der Waals surface area (Å²) in [7, 11) is 0. The second-order valence-corrected chi connectivity index (χ2v) is 5.02. The average molecular weight is 339 g/mol. The molecule has 0 aliphatic heterocycles. The Morgan fingerprint density at radius 3 is 2.76 bits per heavy atom. The summed E-state index contributed by atoms with van der Waals surface area (Å²) in [6, 6.07) is 6.98. The molecule has 25 heavy (non-hydrogen) atoms. The van der Waals surface area contributed by atoms with Crippen LogP contribution < -0.4 is 10.9 Å². The first-order chi connectivity index (χ1) is 12.1. The van der Waals surface area contributed by atoms with Gasteiger partial charge in [0.25, 0.3) is 5.91 Å². The second kappa shape index (κ2) is 6.74. The predicted octanol–water partition coefficient (Wildman–Crippen LogP) is 1.64. The standard InChI is InChI=1S/C15H13N7O3/c1-10-4-2-3-5-11(10)15(23)20-19-13-12(22(24)25)14(18-8-17-13)21-7-6-16-9-21/h2-9H,1H3,(H,20,23)(H,17,18,19). The van der Waals surface area contributed by atoms with Gasteiger partial charge in [0, 0.05) is 18.0 Å². The first-order valence-corrected chi connectivity index (χ1v) is 7.17. The Bertz CT molecular complexity index is 925. The highest BCUT2D eigenvalue weighted by Crippen LogP contribution is 2.26. The van der Waals surface area contributed by atoms with Crippen molar-refractivity contribution in [1.29, 1.82) is 0 Å². The van der Waals surface area contributed by atoms with Gasteiger partial charge in [-0.25, -0.2) is 15.0 Å². The summed E-state index contributed by atoms with van der Waals surface area (Å²) in [6.45, 7) is 1.79. The molecule has 2 aromatic heterocycles. The molecule has 0 saturated carbocycles. The lowest BCUT2D eigenvalue weighted by Gasteiger charge is -2.11. The van der Waals surface area contributed by atoms with Crippen LogP contribution in [0, 0.1) is 17.0 Å². The third-order valence-electron chi connectivity index (χ3n) is 3.42. The Labute approximate surface area is 141 Å². The van der Waals surface area contributed by atoms with Crippen molar-refractivity contribution in [1.82, 2.24) is 24.9 Å². The maximum atomic E-state index is 12.2. The zero-order valence-electron chi connectivity index (χ0n) is 13.1. The van der Waals surface area contributed by atoms with Crippen LogP contribution in [0.1, 0.15) is 15.9 Å². The van der Waals surface area contributed by atoms with Crippen LogP contribution in [0.4, 0.5) is 11.5 Å². The fraction of sp³-hybridized carbons (Fsp3) is 0.0667. The molecular formula is C15H13N7O3. The Hall–Kier alpha value is -3.82. The number of carbonyl (C=O) groups excluding carboxylic acids is 1. The molecule has 10 heteroatoms. The predicted molar refractivity (Wildman–Crippen MR) is 88.1 cm³/mol. The molecule has 0 aliphatic rings. The summed E-state index contributed by atoms with van der Waals surface area (Å²) in [5.41, 5.74) is 5.75. The van der Waals surface area contributed by atoms with E-state index in [2.05, 4.69) is 25.8 Å². The molecule has 126 valence electrons. The highest BCUT2D eigenvalue weighted by molar-refractivity contribution is 5.96. The van der Waals surface area contributed by atoms with E-state index in [-0.39, 0.29) is 17.3 Å². The number of rotatable bonds is 5. The van der Waals surface area contributed by atoms with E-state index in [0.29, 0.717) is 5.56 Å². The smallest absolute Gasteiger partial charge is 0.285 e. The van der Waals surface area contributed by atoms with Crippen LogP contribution in [0.15, 0.2) is 49.3 Å². The number of aryl methyl sites for hydroxylation is 1. The van der Waals surface area contributed by atoms with Gasteiger partial charge in [-0.05, 0) is 18.6 Å². The number of amides is 1. The number of hydrazine groups is 1. The highest BCUT2D eigenvalue weighted by atomic mass is 16.6. The van der Waals surface area contributed by atoms with Crippen LogP contribution in [0.5, 0.6) is 0 Å². The molecular weight excluding hydrogens is 326 g/mol. The number of carbonyl (C=O) groups is 1. The van der Waals surface area contributed by atoms with Gasteiger partial charge in [-0.15, -0.1) is 0 Å². The molecule has 0 radical (unpaired) electrons. The quantitative estimate of drug-likeness (QED) is 0.534. The van der Waals surface area contributed by atoms with Crippen molar-refractivity contribution in [2.45, 2.75) is 6.92 Å². The van der Waals surface area contributed by atoms with Crippen molar-refractivity contribution in [3.8, 4) is 5.82 Å². The molecule has 1 amide bonds. The number of benzene rings is 1. The molecule has 0 saturated heterocycles. The van der Waals surface area contributed by atoms with Gasteiger partial charge >= 0.3 is 5.69 Å². The molecule has 0 spiro atoms. The first kappa shape index (κ1) is 16.1. The lowest BCUT2D eigenvalue weighted by Crippen LogP contribution is -2.31. The van der Waals surface area contributed by atoms with E-state index in [1.165, 1.54) is 23.3 Å². The van der Waals surface area contributed by atoms with Gasteiger partial charge < -0.3 is 0 Å². The Morgan fingerprint density at radius 2 is 2.08 bits per heavy atom. The van der Waals surface area contributed by atoms with Crippen LogP contribution in [0.3, 0.4) is 0 Å². The van der Waals surface area contributed by atoms with Crippen molar-refractivity contribution >= 4 is 17.4 Å². The van der Waals surface area contributed by atoms with Gasteiger partial charge in [-0.1, -0.05) is 18.2 Å². The lowest BCUT2D eigenvalue weighted by molar-refractivity contribution is -0.384. The van der Waals surface area contributed by atoms with E-state index in [4.69, 9.17) is 0 Å². The summed E-state index contributed by atoms with van der Waals surface area (Å²) in [5, 5.41) is 11.4. The fourth-order valence-corrected chi connectivity index (χ4v) is 2.21. The van der Waals surface area contributed by atoms with Crippen LogP contribution in [0.2, 0.25) is 0 Å². The van der Waals surface area contributed by atoms with Crippen LogP contribution in [-0.2, 0) is 0 Å².